The summed E-state index contributed by atoms with van der Waals surface area (Å²) >= 11 is 0. The Morgan fingerprint density at radius 1 is 1.38 bits per heavy atom. The highest BCUT2D eigenvalue weighted by molar-refractivity contribution is 5.21. The van der Waals surface area contributed by atoms with Crippen molar-refractivity contribution in [3.8, 4) is 12.3 Å². The Kier molecular flexibility index (Phi) is 5.63. The molecule has 0 saturated carbocycles. The summed E-state index contributed by atoms with van der Waals surface area (Å²) in [5.41, 5.74) is 4.21. The number of rotatable bonds is 6. The van der Waals surface area contributed by atoms with Crippen LogP contribution in [0.1, 0.15) is 37.7 Å². The Labute approximate surface area is 98.2 Å². The summed E-state index contributed by atoms with van der Waals surface area (Å²) in [7, 11) is 0. The van der Waals surface area contributed by atoms with E-state index < -0.39 is 0 Å². The molecule has 1 aromatic rings. The Balaban J connectivity index is 2.76. The molecule has 2 heteroatoms. The Hall–Kier alpha value is -1.30. The lowest BCUT2D eigenvalue weighted by atomic mass is 9.87. The van der Waals surface area contributed by atoms with Crippen molar-refractivity contribution in [3.05, 3.63) is 35.9 Å². The standard InChI is InChI=1S/C14H20N2/c1-3-5-11-14(16-15)13(4-2)12-9-7-6-8-10-12/h1,6-10,13-14,16H,4-5,11,15H2,2H3. The average Bonchev–Trinajstić information content (AvgIpc) is 2.35. The highest BCUT2D eigenvalue weighted by Gasteiger charge is 2.19. The van der Waals surface area contributed by atoms with Crippen LogP contribution < -0.4 is 11.3 Å². The van der Waals surface area contributed by atoms with Gasteiger partial charge in [-0.05, 0) is 18.4 Å². The molecule has 0 spiro atoms. The molecule has 1 rings (SSSR count). The molecule has 86 valence electrons. The van der Waals surface area contributed by atoms with Gasteiger partial charge in [-0.25, -0.2) is 0 Å². The van der Waals surface area contributed by atoms with Gasteiger partial charge in [-0.3, -0.25) is 11.3 Å². The zero-order valence-corrected chi connectivity index (χ0v) is 9.82. The molecule has 0 heterocycles. The summed E-state index contributed by atoms with van der Waals surface area (Å²) in [6.07, 6.45) is 8.03. The van der Waals surface area contributed by atoms with Crippen LogP contribution in [0.3, 0.4) is 0 Å². The number of benzene rings is 1. The number of nitrogens with one attached hydrogen (secondary N) is 1. The molecule has 0 fully saturated rings. The van der Waals surface area contributed by atoms with Gasteiger partial charge in [0.15, 0.2) is 0 Å². The third kappa shape index (κ3) is 3.37. The lowest BCUT2D eigenvalue weighted by molar-refractivity contribution is 0.410. The fourth-order valence-corrected chi connectivity index (χ4v) is 2.09. The Morgan fingerprint density at radius 2 is 2.06 bits per heavy atom. The molecule has 0 aliphatic heterocycles. The van der Waals surface area contributed by atoms with Gasteiger partial charge >= 0.3 is 0 Å². The number of terminal acetylenes is 1. The quantitative estimate of drug-likeness (QED) is 0.435. The Morgan fingerprint density at radius 3 is 2.56 bits per heavy atom. The van der Waals surface area contributed by atoms with Crippen molar-refractivity contribution in [1.29, 1.82) is 0 Å². The van der Waals surface area contributed by atoms with Crippen LogP contribution in [0.25, 0.3) is 0 Å². The van der Waals surface area contributed by atoms with E-state index in [0.717, 1.165) is 19.3 Å². The molecule has 3 N–H and O–H groups in total. The normalized spacial score (nSPS) is 14.1. The molecule has 16 heavy (non-hydrogen) atoms. The molecular formula is C14H20N2. The second-order valence-electron chi connectivity index (χ2n) is 3.94. The fourth-order valence-electron chi connectivity index (χ4n) is 2.09. The highest BCUT2D eigenvalue weighted by Crippen LogP contribution is 2.25. The maximum atomic E-state index is 5.61. The van der Waals surface area contributed by atoms with E-state index in [4.69, 9.17) is 12.3 Å². The van der Waals surface area contributed by atoms with E-state index in [1.165, 1.54) is 5.56 Å². The zero-order valence-electron chi connectivity index (χ0n) is 9.82. The number of hydrogen-bond acceptors (Lipinski definition) is 2. The molecule has 0 saturated heterocycles. The molecule has 1 aromatic carbocycles. The van der Waals surface area contributed by atoms with Crippen LogP contribution in [-0.2, 0) is 0 Å². The van der Waals surface area contributed by atoms with Crippen molar-refractivity contribution >= 4 is 0 Å². The van der Waals surface area contributed by atoms with Gasteiger partial charge < -0.3 is 0 Å². The van der Waals surface area contributed by atoms with Gasteiger partial charge in [0, 0.05) is 18.4 Å². The summed E-state index contributed by atoms with van der Waals surface area (Å²) in [6.45, 7) is 2.18. The molecule has 0 aliphatic carbocycles. The minimum atomic E-state index is 0.253. The van der Waals surface area contributed by atoms with Crippen molar-refractivity contribution in [2.24, 2.45) is 5.84 Å². The number of hydrazine groups is 1. The summed E-state index contributed by atoms with van der Waals surface area (Å²) in [4.78, 5) is 0. The van der Waals surface area contributed by atoms with E-state index in [2.05, 4.69) is 42.5 Å². The van der Waals surface area contributed by atoms with Crippen LogP contribution in [0, 0.1) is 12.3 Å². The minimum Gasteiger partial charge on any atom is -0.271 e. The zero-order chi connectivity index (χ0) is 11.8. The van der Waals surface area contributed by atoms with Crippen LogP contribution in [0.4, 0.5) is 0 Å². The first-order valence-electron chi connectivity index (χ1n) is 5.78. The van der Waals surface area contributed by atoms with Gasteiger partial charge in [0.1, 0.15) is 0 Å². The molecular weight excluding hydrogens is 196 g/mol. The maximum absolute atomic E-state index is 5.61. The lowest BCUT2D eigenvalue weighted by Gasteiger charge is -2.25. The largest absolute Gasteiger partial charge is 0.271 e. The van der Waals surface area contributed by atoms with Crippen molar-refractivity contribution in [2.75, 3.05) is 0 Å². The predicted molar refractivity (Wildman–Crippen MR) is 68.7 cm³/mol. The van der Waals surface area contributed by atoms with Gasteiger partial charge in [-0.1, -0.05) is 37.3 Å². The van der Waals surface area contributed by atoms with Crippen LogP contribution in [-0.4, -0.2) is 6.04 Å². The van der Waals surface area contributed by atoms with Crippen molar-refractivity contribution in [1.82, 2.24) is 5.43 Å². The molecule has 0 aliphatic rings. The second kappa shape index (κ2) is 7.05. The summed E-state index contributed by atoms with van der Waals surface area (Å²) in [5, 5.41) is 0. The van der Waals surface area contributed by atoms with E-state index in [1.54, 1.807) is 0 Å². The van der Waals surface area contributed by atoms with Gasteiger partial charge in [0.25, 0.3) is 0 Å². The predicted octanol–water partition coefficient (Wildman–Crippen LogP) is 2.43. The number of hydrogen-bond donors (Lipinski definition) is 2. The molecule has 0 aromatic heterocycles. The van der Waals surface area contributed by atoms with Crippen LogP contribution in [0.5, 0.6) is 0 Å². The van der Waals surface area contributed by atoms with Crippen molar-refractivity contribution in [2.45, 2.75) is 38.1 Å². The first-order valence-corrected chi connectivity index (χ1v) is 5.78. The third-order valence-electron chi connectivity index (χ3n) is 2.97. The molecule has 2 unspecified atom stereocenters. The molecule has 2 nitrogen and oxygen atoms in total. The van der Waals surface area contributed by atoms with Crippen molar-refractivity contribution in [3.63, 3.8) is 0 Å². The summed E-state index contributed by atoms with van der Waals surface area (Å²) in [6, 6.07) is 10.7. The molecule has 0 radical (unpaired) electrons. The Bertz CT molecular complexity index is 326. The third-order valence-corrected chi connectivity index (χ3v) is 2.97. The monoisotopic (exact) mass is 216 g/mol. The summed E-state index contributed by atoms with van der Waals surface area (Å²) in [5.74, 6) is 8.71. The maximum Gasteiger partial charge on any atom is 0.0288 e. The van der Waals surface area contributed by atoms with Crippen LogP contribution in [0.15, 0.2) is 30.3 Å². The molecule has 0 amide bonds. The smallest absolute Gasteiger partial charge is 0.0288 e. The topological polar surface area (TPSA) is 38.0 Å². The van der Waals surface area contributed by atoms with Crippen LogP contribution in [0.2, 0.25) is 0 Å². The molecule has 2 atom stereocenters. The van der Waals surface area contributed by atoms with E-state index in [9.17, 15) is 0 Å². The first-order chi connectivity index (χ1) is 7.83. The summed E-state index contributed by atoms with van der Waals surface area (Å²) < 4.78 is 0. The van der Waals surface area contributed by atoms with Crippen molar-refractivity contribution < 1.29 is 0 Å². The second-order valence-corrected chi connectivity index (χ2v) is 3.94. The molecule has 0 bridgehead atoms. The average molecular weight is 216 g/mol. The van der Waals surface area contributed by atoms with E-state index >= 15 is 0 Å². The fraction of sp³-hybridized carbons (Fsp3) is 0.429. The van der Waals surface area contributed by atoms with Crippen LogP contribution >= 0.6 is 0 Å². The lowest BCUT2D eigenvalue weighted by Crippen LogP contribution is -2.39. The van der Waals surface area contributed by atoms with Gasteiger partial charge in [0.05, 0.1) is 0 Å². The first kappa shape index (κ1) is 12.8. The van der Waals surface area contributed by atoms with Gasteiger partial charge in [-0.15, -0.1) is 12.3 Å². The van der Waals surface area contributed by atoms with E-state index in [0.29, 0.717) is 5.92 Å². The SMILES string of the molecule is C#CCCC(NN)C(CC)c1ccccc1. The van der Waals surface area contributed by atoms with Gasteiger partial charge in [0.2, 0.25) is 0 Å². The van der Waals surface area contributed by atoms with E-state index in [-0.39, 0.29) is 6.04 Å². The van der Waals surface area contributed by atoms with E-state index in [1.807, 2.05) is 6.07 Å². The number of nitrogens with two attached hydrogens (primary N) is 1. The minimum absolute atomic E-state index is 0.253. The highest BCUT2D eigenvalue weighted by atomic mass is 15.2. The van der Waals surface area contributed by atoms with Gasteiger partial charge in [-0.2, -0.15) is 0 Å².